The van der Waals surface area contributed by atoms with Crippen molar-refractivity contribution in [3.8, 4) is 11.4 Å². The fourth-order valence-electron chi connectivity index (χ4n) is 3.89. The molecule has 0 aliphatic carbocycles. The number of aryl methyl sites for hydroxylation is 3. The van der Waals surface area contributed by atoms with E-state index in [1.165, 1.54) is 10.1 Å². The van der Waals surface area contributed by atoms with Crippen molar-refractivity contribution in [2.24, 2.45) is 0 Å². The molecule has 0 saturated carbocycles. The van der Waals surface area contributed by atoms with Crippen molar-refractivity contribution in [2.75, 3.05) is 12.4 Å². The van der Waals surface area contributed by atoms with Crippen molar-refractivity contribution < 1.29 is 9.53 Å². The lowest BCUT2D eigenvalue weighted by atomic mass is 10.1. The number of hydrogen-bond acceptors (Lipinski definition) is 4. The molecule has 0 saturated heterocycles. The summed E-state index contributed by atoms with van der Waals surface area (Å²) in [4.78, 5) is 25.8. The van der Waals surface area contributed by atoms with Crippen molar-refractivity contribution >= 4 is 22.6 Å². The number of amides is 1. The molecule has 4 aromatic rings. The summed E-state index contributed by atoms with van der Waals surface area (Å²) >= 11 is 0. The van der Waals surface area contributed by atoms with Gasteiger partial charge in [-0.2, -0.15) is 5.10 Å². The molecule has 0 atom stereocenters. The van der Waals surface area contributed by atoms with E-state index < -0.39 is 0 Å². The van der Waals surface area contributed by atoms with Crippen LogP contribution in [0.25, 0.3) is 16.7 Å². The van der Waals surface area contributed by atoms with Gasteiger partial charge in [-0.3, -0.25) is 14.2 Å². The minimum atomic E-state index is -0.297. The van der Waals surface area contributed by atoms with Crippen LogP contribution in [0.15, 0.2) is 59.4 Å². The van der Waals surface area contributed by atoms with Crippen LogP contribution in [0.1, 0.15) is 23.7 Å². The summed E-state index contributed by atoms with van der Waals surface area (Å²) in [6.07, 6.45) is 0.939. The monoisotopic (exact) mass is 430 g/mol. The van der Waals surface area contributed by atoms with E-state index in [1.807, 2.05) is 38.1 Å². The van der Waals surface area contributed by atoms with Gasteiger partial charge < -0.3 is 10.1 Å². The van der Waals surface area contributed by atoms with Crippen LogP contribution < -0.4 is 15.6 Å². The number of ether oxygens (including phenoxy) is 1. The number of anilines is 1. The van der Waals surface area contributed by atoms with Crippen molar-refractivity contribution in [3.63, 3.8) is 0 Å². The Bertz CT molecular complexity index is 1330. The van der Waals surface area contributed by atoms with Crippen LogP contribution in [-0.2, 0) is 17.8 Å². The molecular formula is C25H26N4O3. The van der Waals surface area contributed by atoms with E-state index in [-0.39, 0.29) is 18.0 Å². The Balaban J connectivity index is 1.76. The molecule has 0 radical (unpaired) electrons. The summed E-state index contributed by atoms with van der Waals surface area (Å²) in [5.41, 5.74) is 4.70. The minimum absolute atomic E-state index is 0.125. The van der Waals surface area contributed by atoms with Crippen LogP contribution in [0, 0.1) is 13.8 Å². The van der Waals surface area contributed by atoms with Gasteiger partial charge in [0.05, 0.1) is 18.5 Å². The summed E-state index contributed by atoms with van der Waals surface area (Å²) in [6.45, 7) is 5.79. The van der Waals surface area contributed by atoms with Crippen LogP contribution >= 0.6 is 0 Å². The second kappa shape index (κ2) is 8.70. The van der Waals surface area contributed by atoms with Gasteiger partial charge in [-0.15, -0.1) is 0 Å². The largest absolute Gasteiger partial charge is 0.497 e. The number of benzene rings is 2. The van der Waals surface area contributed by atoms with Crippen LogP contribution in [0.2, 0.25) is 0 Å². The van der Waals surface area contributed by atoms with Gasteiger partial charge in [0.25, 0.3) is 5.56 Å². The van der Waals surface area contributed by atoms with Crippen molar-refractivity contribution in [3.05, 3.63) is 81.8 Å². The molecule has 7 nitrogen and oxygen atoms in total. The molecule has 32 heavy (non-hydrogen) atoms. The lowest BCUT2D eigenvalue weighted by Crippen LogP contribution is -2.29. The van der Waals surface area contributed by atoms with Gasteiger partial charge in [-0.05, 0) is 67.8 Å². The second-order valence-electron chi connectivity index (χ2n) is 7.74. The predicted molar refractivity (Wildman–Crippen MR) is 126 cm³/mol. The first-order valence-corrected chi connectivity index (χ1v) is 10.5. The van der Waals surface area contributed by atoms with Crippen LogP contribution in [0.4, 0.5) is 5.69 Å². The zero-order valence-corrected chi connectivity index (χ0v) is 18.7. The first kappa shape index (κ1) is 21.4. The van der Waals surface area contributed by atoms with Crippen LogP contribution in [0.5, 0.6) is 5.75 Å². The van der Waals surface area contributed by atoms with Crippen molar-refractivity contribution in [2.45, 2.75) is 33.7 Å². The molecule has 2 aromatic heterocycles. The molecule has 2 heterocycles. The molecular weight excluding hydrogens is 404 g/mol. The predicted octanol–water partition coefficient (Wildman–Crippen LogP) is 4.01. The Hall–Kier alpha value is -3.87. The molecule has 0 unspecified atom stereocenters. The molecule has 0 fully saturated rings. The number of carbonyl (C=O) groups excluding carboxylic acids is 1. The fourth-order valence-corrected chi connectivity index (χ4v) is 3.89. The minimum Gasteiger partial charge on any atom is -0.497 e. The number of pyridine rings is 1. The smallest absolute Gasteiger partial charge is 0.252 e. The number of rotatable bonds is 6. The summed E-state index contributed by atoms with van der Waals surface area (Å²) in [5.74, 6) is 0.405. The molecule has 1 amide bonds. The zero-order chi connectivity index (χ0) is 22.8. The fraction of sp³-hybridized carbons (Fsp3) is 0.240. The summed E-state index contributed by atoms with van der Waals surface area (Å²) < 4.78 is 8.38. The van der Waals surface area contributed by atoms with E-state index in [4.69, 9.17) is 9.84 Å². The maximum absolute atomic E-state index is 12.9. The molecule has 2 aromatic carbocycles. The quantitative estimate of drug-likeness (QED) is 0.501. The van der Waals surface area contributed by atoms with E-state index in [9.17, 15) is 9.59 Å². The van der Waals surface area contributed by atoms with E-state index in [0.29, 0.717) is 17.1 Å². The van der Waals surface area contributed by atoms with E-state index >= 15 is 0 Å². The Morgan fingerprint density at radius 1 is 1.06 bits per heavy atom. The summed E-state index contributed by atoms with van der Waals surface area (Å²) in [6, 6.07) is 16.7. The number of methoxy groups -OCH3 is 1. The first-order valence-electron chi connectivity index (χ1n) is 10.5. The number of nitrogens with one attached hydrogen (secondary N) is 1. The highest BCUT2D eigenvalue weighted by Gasteiger charge is 2.19. The molecule has 0 bridgehead atoms. The topological polar surface area (TPSA) is 78.2 Å². The average Bonchev–Trinajstić information content (AvgIpc) is 3.14. The number of nitrogens with zero attached hydrogens (tertiary/aromatic N) is 3. The molecule has 1 N–H and O–H groups in total. The Kier molecular flexibility index (Phi) is 5.81. The SMILES string of the molecule is CCc1ccc(-n2nc(C)c3c(C)cc(=O)n(CC(=O)Nc4ccc(OC)cc4)c32)cc1. The standard InChI is InChI=1S/C25H26N4O3/c1-5-18-6-10-20(11-7-18)29-25-24(17(3)27-29)16(2)14-23(31)28(25)15-22(30)26-19-8-12-21(32-4)13-9-19/h6-14H,5,15H2,1-4H3,(H,26,30). The van der Waals surface area contributed by atoms with Gasteiger partial charge in [-0.1, -0.05) is 19.1 Å². The highest BCUT2D eigenvalue weighted by molar-refractivity contribution is 5.92. The van der Waals surface area contributed by atoms with Gasteiger partial charge >= 0.3 is 0 Å². The van der Waals surface area contributed by atoms with E-state index in [0.717, 1.165) is 28.8 Å². The molecule has 0 spiro atoms. The van der Waals surface area contributed by atoms with E-state index in [1.54, 1.807) is 42.1 Å². The maximum Gasteiger partial charge on any atom is 0.252 e. The van der Waals surface area contributed by atoms with Crippen LogP contribution in [-0.4, -0.2) is 27.4 Å². The number of fused-ring (bicyclic) bond motifs is 1. The summed E-state index contributed by atoms with van der Waals surface area (Å²) in [5, 5.41) is 8.42. The lowest BCUT2D eigenvalue weighted by molar-refractivity contribution is -0.116. The van der Waals surface area contributed by atoms with Gasteiger partial charge in [-0.25, -0.2) is 4.68 Å². The second-order valence-corrected chi connectivity index (χ2v) is 7.74. The van der Waals surface area contributed by atoms with Gasteiger partial charge in [0.1, 0.15) is 17.9 Å². The third-order valence-electron chi connectivity index (χ3n) is 5.56. The van der Waals surface area contributed by atoms with E-state index in [2.05, 4.69) is 12.2 Å². The lowest BCUT2D eigenvalue weighted by Gasteiger charge is -2.13. The highest BCUT2D eigenvalue weighted by atomic mass is 16.5. The van der Waals surface area contributed by atoms with Gasteiger partial charge in [0.2, 0.25) is 5.91 Å². The molecule has 0 aliphatic heterocycles. The third-order valence-corrected chi connectivity index (χ3v) is 5.56. The van der Waals surface area contributed by atoms with Crippen molar-refractivity contribution in [1.29, 1.82) is 0 Å². The molecule has 164 valence electrons. The number of aromatic nitrogens is 3. The van der Waals surface area contributed by atoms with Gasteiger partial charge in [0, 0.05) is 17.1 Å². The first-order chi connectivity index (χ1) is 15.4. The Morgan fingerprint density at radius 2 is 1.75 bits per heavy atom. The Morgan fingerprint density at radius 3 is 2.38 bits per heavy atom. The van der Waals surface area contributed by atoms with Crippen LogP contribution in [0.3, 0.4) is 0 Å². The Labute approximate surface area is 186 Å². The molecule has 4 rings (SSSR count). The third kappa shape index (κ3) is 4.01. The number of carbonyl (C=O) groups is 1. The average molecular weight is 431 g/mol. The van der Waals surface area contributed by atoms with Gasteiger partial charge in [0.15, 0.2) is 0 Å². The zero-order valence-electron chi connectivity index (χ0n) is 18.7. The summed E-state index contributed by atoms with van der Waals surface area (Å²) in [7, 11) is 1.59. The maximum atomic E-state index is 12.9. The highest BCUT2D eigenvalue weighted by Crippen LogP contribution is 2.24. The normalized spacial score (nSPS) is 11.0. The van der Waals surface area contributed by atoms with Crippen molar-refractivity contribution in [1.82, 2.24) is 14.3 Å². The molecule has 7 heteroatoms. The molecule has 0 aliphatic rings. The number of hydrogen-bond donors (Lipinski definition) is 1.